The van der Waals surface area contributed by atoms with Crippen molar-refractivity contribution in [3.63, 3.8) is 0 Å². The molecule has 144 valence electrons. The third-order valence-electron chi connectivity index (χ3n) is 4.58. The number of amides is 1. The first kappa shape index (κ1) is 19.3. The highest BCUT2D eigenvalue weighted by Crippen LogP contribution is 2.33. The Kier molecular flexibility index (Phi) is 5.23. The van der Waals surface area contributed by atoms with E-state index < -0.39 is 29.2 Å². The number of nitrogens with one attached hydrogen (secondary N) is 1. The zero-order valence-corrected chi connectivity index (χ0v) is 15.0. The number of hydrogen-bond acceptors (Lipinski definition) is 4. The smallest absolute Gasteiger partial charge is 0.416 e. The Morgan fingerprint density at radius 2 is 1.96 bits per heavy atom. The molecule has 1 aliphatic carbocycles. The summed E-state index contributed by atoms with van der Waals surface area (Å²) in [5.41, 5.74) is -1.28. The molecule has 0 aliphatic heterocycles. The maximum absolute atomic E-state index is 12.8. The molecule has 0 saturated heterocycles. The summed E-state index contributed by atoms with van der Waals surface area (Å²) in [5.74, 6) is -1.50. The molecule has 2 aromatic rings. The maximum Gasteiger partial charge on any atom is 0.416 e. The van der Waals surface area contributed by atoms with Gasteiger partial charge in [-0.1, -0.05) is 25.0 Å². The fourth-order valence-corrected chi connectivity index (χ4v) is 4.01. The van der Waals surface area contributed by atoms with Gasteiger partial charge in [0, 0.05) is 10.9 Å². The van der Waals surface area contributed by atoms with E-state index in [1.165, 1.54) is 12.1 Å². The highest BCUT2D eigenvalue weighted by atomic mass is 32.1. The van der Waals surface area contributed by atoms with Gasteiger partial charge in [0.15, 0.2) is 0 Å². The summed E-state index contributed by atoms with van der Waals surface area (Å²) in [6, 6.07) is 4.83. The van der Waals surface area contributed by atoms with Crippen molar-refractivity contribution in [2.24, 2.45) is 0 Å². The van der Waals surface area contributed by atoms with Gasteiger partial charge in [0.25, 0.3) is 0 Å². The van der Waals surface area contributed by atoms with Crippen LogP contribution in [0.1, 0.15) is 36.9 Å². The summed E-state index contributed by atoms with van der Waals surface area (Å²) in [6.07, 6.45) is -2.31. The highest BCUT2D eigenvalue weighted by Gasteiger charge is 2.42. The van der Waals surface area contributed by atoms with Crippen LogP contribution in [-0.4, -0.2) is 27.5 Å². The number of nitrogens with zero attached hydrogens (tertiary/aromatic N) is 1. The lowest BCUT2D eigenvalue weighted by Gasteiger charge is -2.25. The molecule has 0 unspecified atom stereocenters. The van der Waals surface area contributed by atoms with Gasteiger partial charge in [0.1, 0.15) is 10.5 Å². The Morgan fingerprint density at radius 1 is 1.26 bits per heavy atom. The predicted octanol–water partition coefficient (Wildman–Crippen LogP) is 3.89. The SMILES string of the molecule is O=C(Cc1csc(-c2cccc(C(F)(F)F)c2)n1)NC1(C(=O)O)CCCC1. The van der Waals surface area contributed by atoms with Gasteiger partial charge in [-0.2, -0.15) is 13.2 Å². The molecule has 5 nitrogen and oxygen atoms in total. The minimum Gasteiger partial charge on any atom is -0.480 e. The Morgan fingerprint density at radius 3 is 2.59 bits per heavy atom. The van der Waals surface area contributed by atoms with E-state index in [2.05, 4.69) is 10.3 Å². The fourth-order valence-electron chi connectivity index (χ4n) is 3.20. The number of aromatic nitrogens is 1. The normalized spacial score (nSPS) is 16.3. The molecule has 27 heavy (non-hydrogen) atoms. The van der Waals surface area contributed by atoms with Gasteiger partial charge >= 0.3 is 12.1 Å². The molecule has 0 spiro atoms. The third-order valence-corrected chi connectivity index (χ3v) is 5.52. The molecule has 9 heteroatoms. The first-order valence-electron chi connectivity index (χ1n) is 8.36. The second-order valence-corrected chi connectivity index (χ2v) is 7.40. The van der Waals surface area contributed by atoms with Crippen molar-refractivity contribution < 1.29 is 27.9 Å². The van der Waals surface area contributed by atoms with Gasteiger partial charge in [-0.15, -0.1) is 11.3 Å². The number of hydrogen-bond donors (Lipinski definition) is 2. The topological polar surface area (TPSA) is 79.3 Å². The van der Waals surface area contributed by atoms with E-state index in [0.29, 0.717) is 29.1 Å². The van der Waals surface area contributed by atoms with Crippen LogP contribution >= 0.6 is 11.3 Å². The Bertz CT molecular complexity index is 858. The lowest BCUT2D eigenvalue weighted by Crippen LogP contribution is -2.52. The zero-order valence-electron chi connectivity index (χ0n) is 14.2. The van der Waals surface area contributed by atoms with Crippen molar-refractivity contribution >= 4 is 23.2 Å². The zero-order chi connectivity index (χ0) is 19.7. The van der Waals surface area contributed by atoms with Crippen LogP contribution in [0.5, 0.6) is 0 Å². The number of alkyl halides is 3. The lowest BCUT2D eigenvalue weighted by molar-refractivity contribution is -0.147. The minimum absolute atomic E-state index is 0.121. The molecule has 2 N–H and O–H groups in total. The summed E-state index contributed by atoms with van der Waals surface area (Å²) >= 11 is 1.14. The van der Waals surface area contributed by atoms with Crippen LogP contribution in [-0.2, 0) is 22.2 Å². The molecule has 0 radical (unpaired) electrons. The van der Waals surface area contributed by atoms with Gasteiger partial charge in [-0.05, 0) is 25.0 Å². The Labute approximate surface area is 157 Å². The Hall–Kier alpha value is -2.42. The molecular weight excluding hydrogens is 381 g/mol. The van der Waals surface area contributed by atoms with Crippen molar-refractivity contribution in [1.29, 1.82) is 0 Å². The van der Waals surface area contributed by atoms with E-state index in [0.717, 1.165) is 36.3 Å². The molecule has 0 atom stereocenters. The molecular formula is C18H17F3N2O3S. The summed E-state index contributed by atoms with van der Waals surface area (Å²) in [5, 5.41) is 14.0. The largest absolute Gasteiger partial charge is 0.480 e. The minimum atomic E-state index is -4.44. The average Bonchev–Trinajstić information content (AvgIpc) is 3.24. The quantitative estimate of drug-likeness (QED) is 0.801. The van der Waals surface area contributed by atoms with Crippen LogP contribution in [0.3, 0.4) is 0 Å². The standard InChI is InChI=1S/C18H17F3N2O3S/c19-18(20,21)12-5-3-4-11(8-12)15-22-13(10-27-15)9-14(24)23-17(16(25)26)6-1-2-7-17/h3-5,8,10H,1-2,6-7,9H2,(H,23,24)(H,25,26). The van der Waals surface area contributed by atoms with Crippen LogP contribution < -0.4 is 5.32 Å². The van der Waals surface area contributed by atoms with Gasteiger partial charge < -0.3 is 10.4 Å². The molecule has 3 rings (SSSR count). The molecule has 0 bridgehead atoms. The molecule has 1 aromatic carbocycles. The molecule has 1 aliphatic rings. The number of carboxylic acids is 1. The molecule has 1 fully saturated rings. The van der Waals surface area contributed by atoms with Gasteiger partial charge in [0.2, 0.25) is 5.91 Å². The van der Waals surface area contributed by atoms with Crippen molar-refractivity contribution in [3.05, 3.63) is 40.9 Å². The predicted molar refractivity (Wildman–Crippen MR) is 93.2 cm³/mol. The van der Waals surface area contributed by atoms with Gasteiger partial charge in [-0.25, -0.2) is 9.78 Å². The van der Waals surface area contributed by atoms with Crippen molar-refractivity contribution in [3.8, 4) is 10.6 Å². The molecule has 1 saturated carbocycles. The lowest BCUT2D eigenvalue weighted by atomic mass is 9.97. The number of rotatable bonds is 5. The van der Waals surface area contributed by atoms with Crippen LogP contribution in [0.4, 0.5) is 13.2 Å². The van der Waals surface area contributed by atoms with E-state index in [4.69, 9.17) is 0 Å². The van der Waals surface area contributed by atoms with Crippen molar-refractivity contribution in [2.45, 2.75) is 43.8 Å². The summed E-state index contributed by atoms with van der Waals surface area (Å²) in [6.45, 7) is 0. The Balaban J connectivity index is 1.71. The van der Waals surface area contributed by atoms with E-state index >= 15 is 0 Å². The number of carbonyl (C=O) groups excluding carboxylic acids is 1. The summed E-state index contributed by atoms with van der Waals surface area (Å²) in [4.78, 5) is 28.0. The second kappa shape index (κ2) is 7.30. The second-order valence-electron chi connectivity index (χ2n) is 6.54. The molecule has 1 heterocycles. The van der Waals surface area contributed by atoms with Crippen LogP contribution in [0.2, 0.25) is 0 Å². The van der Waals surface area contributed by atoms with Crippen molar-refractivity contribution in [1.82, 2.24) is 10.3 Å². The van der Waals surface area contributed by atoms with Crippen LogP contribution in [0.25, 0.3) is 10.6 Å². The number of benzene rings is 1. The number of thiazole rings is 1. The number of aliphatic carboxylic acids is 1. The van der Waals surface area contributed by atoms with E-state index in [1.807, 2.05) is 0 Å². The summed E-state index contributed by atoms with van der Waals surface area (Å²) in [7, 11) is 0. The number of carboxylic acid groups (broad SMARTS) is 1. The van der Waals surface area contributed by atoms with Gasteiger partial charge in [0.05, 0.1) is 17.7 Å². The van der Waals surface area contributed by atoms with Crippen LogP contribution in [0.15, 0.2) is 29.6 Å². The van der Waals surface area contributed by atoms with Gasteiger partial charge in [-0.3, -0.25) is 4.79 Å². The van der Waals surface area contributed by atoms with Crippen LogP contribution in [0, 0.1) is 0 Å². The first-order valence-corrected chi connectivity index (χ1v) is 9.24. The highest BCUT2D eigenvalue weighted by molar-refractivity contribution is 7.13. The van der Waals surface area contributed by atoms with Crippen molar-refractivity contribution in [2.75, 3.05) is 0 Å². The monoisotopic (exact) mass is 398 g/mol. The maximum atomic E-state index is 12.8. The van der Waals surface area contributed by atoms with E-state index in [9.17, 15) is 27.9 Å². The van der Waals surface area contributed by atoms with E-state index in [1.54, 1.807) is 5.38 Å². The number of carbonyl (C=O) groups is 2. The first-order chi connectivity index (χ1) is 12.7. The molecule has 1 amide bonds. The average molecular weight is 398 g/mol. The fraction of sp³-hybridized carbons (Fsp3) is 0.389. The number of halogens is 3. The third kappa shape index (κ3) is 4.29. The molecule has 1 aromatic heterocycles. The summed E-state index contributed by atoms with van der Waals surface area (Å²) < 4.78 is 38.5. The van der Waals surface area contributed by atoms with E-state index in [-0.39, 0.29) is 6.42 Å².